The van der Waals surface area contributed by atoms with Gasteiger partial charge >= 0.3 is 0 Å². The fourth-order valence-corrected chi connectivity index (χ4v) is 1.52. The van der Waals surface area contributed by atoms with Gasteiger partial charge in [-0.15, -0.1) is 0 Å². The van der Waals surface area contributed by atoms with Crippen LogP contribution in [0.5, 0.6) is 11.6 Å². The van der Waals surface area contributed by atoms with Crippen LogP contribution in [0.1, 0.15) is 11.1 Å². The molecule has 0 saturated carbocycles. The lowest BCUT2D eigenvalue weighted by Crippen LogP contribution is -1.91. The Bertz CT molecular complexity index is 511. The summed E-state index contributed by atoms with van der Waals surface area (Å²) in [5.74, 6) is 1.16. The molecular formula is C13H12ClNO2. The van der Waals surface area contributed by atoms with Crippen molar-refractivity contribution in [3.05, 3.63) is 52.7 Å². The van der Waals surface area contributed by atoms with E-state index >= 15 is 0 Å². The van der Waals surface area contributed by atoms with Gasteiger partial charge in [-0.1, -0.05) is 17.7 Å². The Morgan fingerprint density at radius 1 is 1.29 bits per heavy atom. The van der Waals surface area contributed by atoms with E-state index in [0.29, 0.717) is 16.7 Å². The summed E-state index contributed by atoms with van der Waals surface area (Å²) in [5, 5.41) is 9.52. The number of rotatable bonds is 3. The Balaban J connectivity index is 2.22. The largest absolute Gasteiger partial charge is 0.439 e. The zero-order valence-corrected chi connectivity index (χ0v) is 10.1. The molecule has 0 fully saturated rings. The molecule has 0 saturated heterocycles. The van der Waals surface area contributed by atoms with Gasteiger partial charge < -0.3 is 9.84 Å². The highest BCUT2D eigenvalue weighted by Gasteiger charge is 2.03. The maximum absolute atomic E-state index is 8.90. The lowest BCUT2D eigenvalue weighted by atomic mass is 10.2. The van der Waals surface area contributed by atoms with E-state index in [1.54, 1.807) is 24.4 Å². The second-order valence-corrected chi connectivity index (χ2v) is 4.11. The Kier molecular flexibility index (Phi) is 3.61. The molecule has 1 aromatic heterocycles. The minimum Gasteiger partial charge on any atom is -0.439 e. The van der Waals surface area contributed by atoms with Crippen molar-refractivity contribution < 1.29 is 9.84 Å². The maximum Gasteiger partial charge on any atom is 0.219 e. The molecule has 88 valence electrons. The average molecular weight is 250 g/mol. The van der Waals surface area contributed by atoms with E-state index in [1.807, 2.05) is 19.1 Å². The number of aryl methyl sites for hydroxylation is 1. The summed E-state index contributed by atoms with van der Waals surface area (Å²) in [7, 11) is 0. The molecule has 0 bridgehead atoms. The molecule has 3 nitrogen and oxygen atoms in total. The number of ether oxygens (including phenoxy) is 1. The first-order chi connectivity index (χ1) is 8.19. The van der Waals surface area contributed by atoms with Gasteiger partial charge in [0.05, 0.1) is 6.61 Å². The molecule has 0 unspecified atom stereocenters. The van der Waals surface area contributed by atoms with Crippen molar-refractivity contribution in [1.82, 2.24) is 4.98 Å². The van der Waals surface area contributed by atoms with Crippen molar-refractivity contribution in [1.29, 1.82) is 0 Å². The molecule has 0 amide bonds. The first kappa shape index (κ1) is 11.9. The van der Waals surface area contributed by atoms with Crippen LogP contribution in [0, 0.1) is 6.92 Å². The SMILES string of the molecule is Cc1ccc(Cl)cc1Oc1ccc(CO)cn1. The maximum atomic E-state index is 8.90. The van der Waals surface area contributed by atoms with Crippen molar-refractivity contribution in [3.63, 3.8) is 0 Å². The number of aliphatic hydroxyl groups excluding tert-OH is 1. The first-order valence-electron chi connectivity index (χ1n) is 5.19. The smallest absolute Gasteiger partial charge is 0.219 e. The number of aromatic nitrogens is 1. The number of hydrogen-bond acceptors (Lipinski definition) is 3. The summed E-state index contributed by atoms with van der Waals surface area (Å²) in [6.07, 6.45) is 1.58. The molecule has 0 aliphatic rings. The van der Waals surface area contributed by atoms with Crippen molar-refractivity contribution in [3.8, 4) is 11.6 Å². The zero-order chi connectivity index (χ0) is 12.3. The highest BCUT2D eigenvalue weighted by molar-refractivity contribution is 6.30. The van der Waals surface area contributed by atoms with Crippen LogP contribution in [0.4, 0.5) is 0 Å². The molecule has 0 aliphatic carbocycles. The van der Waals surface area contributed by atoms with Crippen LogP contribution in [0.2, 0.25) is 5.02 Å². The average Bonchev–Trinajstić information content (AvgIpc) is 2.35. The van der Waals surface area contributed by atoms with Crippen molar-refractivity contribution >= 4 is 11.6 Å². The van der Waals surface area contributed by atoms with Crippen LogP contribution in [0.15, 0.2) is 36.5 Å². The van der Waals surface area contributed by atoms with Crippen LogP contribution in [0.25, 0.3) is 0 Å². The second kappa shape index (κ2) is 5.17. The van der Waals surface area contributed by atoms with Gasteiger partial charge in [0.15, 0.2) is 0 Å². The molecule has 2 aromatic rings. The topological polar surface area (TPSA) is 42.4 Å². The molecule has 0 radical (unpaired) electrons. The third kappa shape index (κ3) is 2.96. The van der Waals surface area contributed by atoms with Gasteiger partial charge in [-0.05, 0) is 36.2 Å². The predicted molar refractivity (Wildman–Crippen MR) is 66.4 cm³/mol. The highest BCUT2D eigenvalue weighted by Crippen LogP contribution is 2.26. The highest BCUT2D eigenvalue weighted by atomic mass is 35.5. The number of benzene rings is 1. The summed E-state index contributed by atoms with van der Waals surface area (Å²) in [4.78, 5) is 4.09. The van der Waals surface area contributed by atoms with E-state index in [-0.39, 0.29) is 6.61 Å². The Morgan fingerprint density at radius 3 is 2.76 bits per heavy atom. The summed E-state index contributed by atoms with van der Waals surface area (Å²) in [5.41, 5.74) is 1.74. The normalized spacial score (nSPS) is 10.3. The minimum absolute atomic E-state index is 0.0243. The number of hydrogen-bond donors (Lipinski definition) is 1. The van der Waals surface area contributed by atoms with Gasteiger partial charge in [0.2, 0.25) is 5.88 Å². The summed E-state index contributed by atoms with van der Waals surface area (Å²) in [6, 6.07) is 8.93. The van der Waals surface area contributed by atoms with E-state index in [0.717, 1.165) is 11.1 Å². The molecule has 1 heterocycles. The standard InChI is InChI=1S/C13H12ClNO2/c1-9-2-4-11(14)6-12(9)17-13-5-3-10(8-16)7-15-13/h2-7,16H,8H2,1H3. The van der Waals surface area contributed by atoms with Crippen LogP contribution in [-0.2, 0) is 6.61 Å². The zero-order valence-electron chi connectivity index (χ0n) is 9.35. The van der Waals surface area contributed by atoms with E-state index in [1.165, 1.54) is 0 Å². The summed E-state index contributed by atoms with van der Waals surface area (Å²) in [6.45, 7) is 1.91. The lowest BCUT2D eigenvalue weighted by molar-refractivity contribution is 0.281. The predicted octanol–water partition coefficient (Wildman–Crippen LogP) is 3.33. The van der Waals surface area contributed by atoms with Gasteiger partial charge in [-0.3, -0.25) is 0 Å². The Hall–Kier alpha value is -1.58. The van der Waals surface area contributed by atoms with E-state index in [4.69, 9.17) is 21.4 Å². The third-order valence-electron chi connectivity index (χ3n) is 2.34. The van der Waals surface area contributed by atoms with Crippen LogP contribution in [0.3, 0.4) is 0 Å². The molecular weight excluding hydrogens is 238 g/mol. The molecule has 0 aliphatic heterocycles. The molecule has 4 heteroatoms. The number of aliphatic hydroxyl groups is 1. The van der Waals surface area contributed by atoms with Crippen LogP contribution < -0.4 is 4.74 Å². The van der Waals surface area contributed by atoms with E-state index < -0.39 is 0 Å². The van der Waals surface area contributed by atoms with Gasteiger partial charge in [0, 0.05) is 17.3 Å². The van der Waals surface area contributed by atoms with Gasteiger partial charge in [-0.2, -0.15) is 0 Å². The molecule has 1 N–H and O–H groups in total. The van der Waals surface area contributed by atoms with Gasteiger partial charge in [-0.25, -0.2) is 4.98 Å². The van der Waals surface area contributed by atoms with Crippen LogP contribution in [-0.4, -0.2) is 10.1 Å². The molecule has 0 spiro atoms. The summed E-state index contributed by atoms with van der Waals surface area (Å²) >= 11 is 5.90. The second-order valence-electron chi connectivity index (χ2n) is 3.67. The van der Waals surface area contributed by atoms with Gasteiger partial charge in [0.25, 0.3) is 0 Å². The fraction of sp³-hybridized carbons (Fsp3) is 0.154. The summed E-state index contributed by atoms with van der Waals surface area (Å²) < 4.78 is 5.61. The monoisotopic (exact) mass is 249 g/mol. The molecule has 17 heavy (non-hydrogen) atoms. The van der Waals surface area contributed by atoms with Gasteiger partial charge in [0.1, 0.15) is 5.75 Å². The molecule has 0 atom stereocenters. The van der Waals surface area contributed by atoms with Crippen molar-refractivity contribution in [2.45, 2.75) is 13.5 Å². The van der Waals surface area contributed by atoms with E-state index in [9.17, 15) is 0 Å². The first-order valence-corrected chi connectivity index (χ1v) is 5.56. The fourth-order valence-electron chi connectivity index (χ4n) is 1.36. The minimum atomic E-state index is -0.0243. The lowest BCUT2D eigenvalue weighted by Gasteiger charge is -2.08. The van der Waals surface area contributed by atoms with Crippen LogP contribution >= 0.6 is 11.6 Å². The van der Waals surface area contributed by atoms with Crippen molar-refractivity contribution in [2.75, 3.05) is 0 Å². The quantitative estimate of drug-likeness (QED) is 0.907. The Labute approximate surface area is 105 Å². The van der Waals surface area contributed by atoms with Crippen molar-refractivity contribution in [2.24, 2.45) is 0 Å². The number of pyridine rings is 1. The molecule has 1 aromatic carbocycles. The van der Waals surface area contributed by atoms with E-state index in [2.05, 4.69) is 4.98 Å². The molecule has 2 rings (SSSR count). The number of halogens is 1. The third-order valence-corrected chi connectivity index (χ3v) is 2.58. The Morgan fingerprint density at radius 2 is 2.12 bits per heavy atom. The number of nitrogens with zero attached hydrogens (tertiary/aromatic N) is 1.